The van der Waals surface area contributed by atoms with Crippen molar-refractivity contribution >= 4 is 5.69 Å². The molecule has 0 aliphatic heterocycles. The highest BCUT2D eigenvalue weighted by molar-refractivity contribution is 5.52. The summed E-state index contributed by atoms with van der Waals surface area (Å²) in [5, 5.41) is 8.66. The van der Waals surface area contributed by atoms with Crippen LogP contribution >= 0.6 is 0 Å². The highest BCUT2D eigenvalue weighted by Gasteiger charge is 2.05. The van der Waals surface area contributed by atoms with Gasteiger partial charge in [0.2, 0.25) is 0 Å². The molecule has 0 saturated heterocycles. The van der Waals surface area contributed by atoms with Gasteiger partial charge in [-0.1, -0.05) is 0 Å². The van der Waals surface area contributed by atoms with E-state index < -0.39 is 17.4 Å². The van der Waals surface area contributed by atoms with E-state index in [9.17, 15) is 8.78 Å². The summed E-state index contributed by atoms with van der Waals surface area (Å²) in [7, 11) is 0. The van der Waals surface area contributed by atoms with Gasteiger partial charge in [-0.25, -0.2) is 8.78 Å². The predicted octanol–water partition coefficient (Wildman–Crippen LogP) is 1.25. The van der Waals surface area contributed by atoms with Crippen molar-refractivity contribution in [2.45, 2.75) is 0 Å². The van der Waals surface area contributed by atoms with Gasteiger partial charge in [-0.2, -0.15) is 0 Å². The highest BCUT2D eigenvalue weighted by Crippen LogP contribution is 2.23. The van der Waals surface area contributed by atoms with Gasteiger partial charge in [-0.3, -0.25) is 0 Å². The van der Waals surface area contributed by atoms with Crippen molar-refractivity contribution in [3.63, 3.8) is 0 Å². The van der Waals surface area contributed by atoms with Gasteiger partial charge < -0.3 is 10.8 Å². The molecule has 0 aliphatic carbocycles. The van der Waals surface area contributed by atoms with E-state index in [0.29, 0.717) is 6.07 Å². The van der Waals surface area contributed by atoms with Crippen LogP contribution in [-0.2, 0) is 0 Å². The number of nitrogen functional groups attached to an aromatic ring is 1. The molecule has 3 N–H and O–H groups in total. The second-order valence-electron chi connectivity index (χ2n) is 1.83. The number of phenolic OH excluding ortho intramolecular Hbond substituents is 1. The van der Waals surface area contributed by atoms with E-state index in [-0.39, 0.29) is 5.69 Å². The molecule has 0 unspecified atom stereocenters. The molecule has 54 valence electrons. The van der Waals surface area contributed by atoms with Crippen molar-refractivity contribution in [3.05, 3.63) is 23.8 Å². The minimum atomic E-state index is -1.04. The summed E-state index contributed by atoms with van der Waals surface area (Å²) in [6, 6.07) is 1.41. The topological polar surface area (TPSA) is 46.2 Å². The minimum Gasteiger partial charge on any atom is -0.503 e. The third-order valence-electron chi connectivity index (χ3n) is 1.06. The first kappa shape index (κ1) is 6.80. The van der Waals surface area contributed by atoms with E-state index in [1.807, 2.05) is 0 Å². The molecule has 0 spiro atoms. The molecule has 4 heteroatoms. The molecular formula is C6H5F2NO. The Balaban J connectivity index is 3.31. The van der Waals surface area contributed by atoms with Gasteiger partial charge in [-0.05, 0) is 0 Å². The summed E-state index contributed by atoms with van der Waals surface area (Å²) in [6.45, 7) is 0. The van der Waals surface area contributed by atoms with Crippen molar-refractivity contribution < 1.29 is 13.9 Å². The zero-order chi connectivity index (χ0) is 7.72. The highest BCUT2D eigenvalue weighted by atomic mass is 19.1. The second kappa shape index (κ2) is 2.13. The van der Waals surface area contributed by atoms with Crippen LogP contribution in [0, 0.1) is 11.6 Å². The van der Waals surface area contributed by atoms with E-state index >= 15 is 0 Å². The zero-order valence-electron chi connectivity index (χ0n) is 4.94. The first-order valence-corrected chi connectivity index (χ1v) is 2.54. The number of rotatable bonds is 0. The molecule has 0 heterocycles. The van der Waals surface area contributed by atoms with Gasteiger partial charge in [0.1, 0.15) is 5.82 Å². The van der Waals surface area contributed by atoms with Gasteiger partial charge in [0.25, 0.3) is 0 Å². The number of nitrogens with two attached hydrogens (primary N) is 1. The van der Waals surface area contributed by atoms with Gasteiger partial charge in [0.15, 0.2) is 11.6 Å². The summed E-state index contributed by atoms with van der Waals surface area (Å²) in [5.41, 5.74) is 4.70. The standard InChI is InChI=1S/C6H5F2NO/c7-3-1-4(8)6(10)5(9)2-3/h1-2,10H,9H2. The molecule has 1 aromatic rings. The molecule has 0 fully saturated rings. The van der Waals surface area contributed by atoms with Crippen molar-refractivity contribution in [1.82, 2.24) is 0 Å². The molecule has 0 aliphatic rings. The first-order chi connectivity index (χ1) is 4.61. The fourth-order valence-corrected chi connectivity index (χ4v) is 0.586. The Kier molecular flexibility index (Phi) is 1.45. The van der Waals surface area contributed by atoms with Crippen LogP contribution in [0.5, 0.6) is 5.75 Å². The Labute approximate surface area is 55.9 Å². The largest absolute Gasteiger partial charge is 0.503 e. The smallest absolute Gasteiger partial charge is 0.174 e. The number of halogens is 2. The number of hydrogen-bond acceptors (Lipinski definition) is 2. The summed E-state index contributed by atoms with van der Waals surface area (Å²) < 4.78 is 24.4. The molecule has 0 atom stereocenters. The molecule has 10 heavy (non-hydrogen) atoms. The average Bonchev–Trinajstić information content (AvgIpc) is 1.82. The molecular weight excluding hydrogens is 140 g/mol. The molecule has 0 amide bonds. The van der Waals surface area contributed by atoms with Gasteiger partial charge in [0.05, 0.1) is 5.69 Å². The van der Waals surface area contributed by atoms with Gasteiger partial charge in [-0.15, -0.1) is 0 Å². The summed E-state index contributed by atoms with van der Waals surface area (Å²) >= 11 is 0. The third-order valence-corrected chi connectivity index (χ3v) is 1.06. The lowest BCUT2D eigenvalue weighted by atomic mass is 10.3. The maximum Gasteiger partial charge on any atom is 0.174 e. The second-order valence-corrected chi connectivity index (χ2v) is 1.83. The lowest BCUT2D eigenvalue weighted by molar-refractivity contribution is 0.431. The molecule has 0 aromatic heterocycles. The fourth-order valence-electron chi connectivity index (χ4n) is 0.586. The lowest BCUT2D eigenvalue weighted by Crippen LogP contribution is -1.89. The molecule has 1 rings (SSSR count). The van der Waals surface area contributed by atoms with E-state index in [1.54, 1.807) is 0 Å². The lowest BCUT2D eigenvalue weighted by Gasteiger charge is -1.98. The van der Waals surface area contributed by atoms with E-state index in [2.05, 4.69) is 0 Å². The Morgan fingerprint density at radius 3 is 2.40 bits per heavy atom. The predicted molar refractivity (Wildman–Crippen MR) is 32.4 cm³/mol. The van der Waals surface area contributed by atoms with Crippen LogP contribution in [-0.4, -0.2) is 5.11 Å². The third kappa shape index (κ3) is 1.00. The first-order valence-electron chi connectivity index (χ1n) is 2.54. The molecule has 0 saturated carbocycles. The van der Waals surface area contributed by atoms with Crippen LogP contribution in [0.2, 0.25) is 0 Å². The summed E-state index contributed by atoms with van der Waals surface area (Å²) in [4.78, 5) is 0. The zero-order valence-corrected chi connectivity index (χ0v) is 4.94. The Bertz CT molecular complexity index is 239. The Hall–Kier alpha value is -1.32. The maximum absolute atomic E-state index is 12.3. The molecule has 0 radical (unpaired) electrons. The normalized spacial score (nSPS) is 9.80. The number of phenols is 1. The Morgan fingerprint density at radius 1 is 1.30 bits per heavy atom. The Morgan fingerprint density at radius 2 is 1.90 bits per heavy atom. The summed E-state index contributed by atoms with van der Waals surface area (Å²) in [5.74, 6) is -2.55. The van der Waals surface area contributed by atoms with Crippen molar-refractivity contribution in [3.8, 4) is 5.75 Å². The number of aromatic hydroxyl groups is 1. The van der Waals surface area contributed by atoms with E-state index in [4.69, 9.17) is 10.8 Å². The molecule has 2 nitrogen and oxygen atoms in total. The van der Waals surface area contributed by atoms with E-state index in [1.165, 1.54) is 0 Å². The maximum atomic E-state index is 12.3. The van der Waals surface area contributed by atoms with Crippen molar-refractivity contribution in [2.75, 3.05) is 5.73 Å². The minimum absolute atomic E-state index is 0.294. The quantitative estimate of drug-likeness (QED) is 0.426. The monoisotopic (exact) mass is 145 g/mol. The number of anilines is 1. The SMILES string of the molecule is Nc1cc(F)cc(F)c1O. The average molecular weight is 145 g/mol. The van der Waals surface area contributed by atoms with E-state index in [0.717, 1.165) is 6.07 Å². The molecule has 1 aromatic carbocycles. The van der Waals surface area contributed by atoms with Crippen LogP contribution in [0.15, 0.2) is 12.1 Å². The van der Waals surface area contributed by atoms with Crippen LogP contribution < -0.4 is 5.73 Å². The fraction of sp³-hybridized carbons (Fsp3) is 0. The van der Waals surface area contributed by atoms with Crippen molar-refractivity contribution in [1.29, 1.82) is 0 Å². The van der Waals surface area contributed by atoms with Crippen LogP contribution in [0.1, 0.15) is 0 Å². The number of hydrogen-bond donors (Lipinski definition) is 2. The van der Waals surface area contributed by atoms with Crippen LogP contribution in [0.25, 0.3) is 0 Å². The van der Waals surface area contributed by atoms with Crippen LogP contribution in [0.3, 0.4) is 0 Å². The van der Waals surface area contributed by atoms with Gasteiger partial charge in [0, 0.05) is 12.1 Å². The number of benzene rings is 1. The summed E-state index contributed by atoms with van der Waals surface area (Å²) in [6.07, 6.45) is 0. The van der Waals surface area contributed by atoms with Crippen LogP contribution in [0.4, 0.5) is 14.5 Å². The van der Waals surface area contributed by atoms with Crippen molar-refractivity contribution in [2.24, 2.45) is 0 Å². The molecule has 0 bridgehead atoms. The van der Waals surface area contributed by atoms with Gasteiger partial charge >= 0.3 is 0 Å².